The van der Waals surface area contributed by atoms with Gasteiger partial charge in [-0.1, -0.05) is 41.4 Å². The molecule has 0 bridgehead atoms. The highest BCUT2D eigenvalue weighted by atomic mass is 35.5. The van der Waals surface area contributed by atoms with Crippen molar-refractivity contribution < 1.29 is 0 Å². The molecule has 0 atom stereocenters. The third-order valence-corrected chi connectivity index (χ3v) is 3.79. The minimum absolute atomic E-state index is 0.651. The van der Waals surface area contributed by atoms with Crippen molar-refractivity contribution in [1.82, 2.24) is 14.7 Å². The van der Waals surface area contributed by atoms with Gasteiger partial charge in [0.05, 0.1) is 17.7 Å². The maximum Gasteiger partial charge on any atom is 0.157 e. The normalized spacial score (nSPS) is 11.2. The maximum atomic E-state index is 6.11. The van der Waals surface area contributed by atoms with Gasteiger partial charge in [-0.15, -0.1) is 0 Å². The molecule has 0 spiro atoms. The number of hydrogen-bond donors (Lipinski definition) is 0. The molecule has 3 rings (SSSR count). The molecule has 6 heteroatoms. The topological polar surface area (TPSA) is 33.4 Å². The summed E-state index contributed by atoms with van der Waals surface area (Å²) >= 11 is 12.1. The molecule has 122 valence electrons. The summed E-state index contributed by atoms with van der Waals surface area (Å²) in [5, 5.41) is 6.03. The first-order valence-corrected chi connectivity index (χ1v) is 8.11. The van der Waals surface area contributed by atoms with E-state index >= 15 is 0 Å². The zero-order valence-corrected chi connectivity index (χ0v) is 14.8. The SMILES string of the molecule is CN(C)/C=N/c1cc(-c2ccc(Cl)cc2)nn1-c1cccc(Cl)c1. The van der Waals surface area contributed by atoms with Gasteiger partial charge >= 0.3 is 0 Å². The van der Waals surface area contributed by atoms with Crippen molar-refractivity contribution in [2.45, 2.75) is 0 Å². The molecule has 0 fully saturated rings. The predicted molar refractivity (Wildman–Crippen MR) is 101 cm³/mol. The lowest BCUT2D eigenvalue weighted by Gasteiger charge is -2.06. The summed E-state index contributed by atoms with van der Waals surface area (Å²) < 4.78 is 1.77. The quantitative estimate of drug-likeness (QED) is 0.482. The summed E-state index contributed by atoms with van der Waals surface area (Å²) in [5.41, 5.74) is 2.65. The number of aliphatic imine (C=N–C) groups is 1. The number of aromatic nitrogens is 2. The summed E-state index contributed by atoms with van der Waals surface area (Å²) in [6.07, 6.45) is 1.74. The van der Waals surface area contributed by atoms with E-state index in [2.05, 4.69) is 10.1 Å². The molecule has 0 aliphatic carbocycles. The van der Waals surface area contributed by atoms with Crippen LogP contribution in [0.1, 0.15) is 0 Å². The molecule has 0 radical (unpaired) electrons. The predicted octanol–water partition coefficient (Wildman–Crippen LogP) is 5.07. The fourth-order valence-corrected chi connectivity index (χ4v) is 2.51. The van der Waals surface area contributed by atoms with E-state index in [1.54, 1.807) is 11.0 Å². The van der Waals surface area contributed by atoms with Crippen molar-refractivity contribution in [2.24, 2.45) is 4.99 Å². The van der Waals surface area contributed by atoms with Gasteiger partial charge in [0.1, 0.15) is 0 Å². The van der Waals surface area contributed by atoms with Gasteiger partial charge < -0.3 is 4.90 Å². The van der Waals surface area contributed by atoms with Gasteiger partial charge in [0, 0.05) is 35.8 Å². The Labute approximate surface area is 151 Å². The molecule has 0 saturated heterocycles. The van der Waals surface area contributed by atoms with E-state index in [0.29, 0.717) is 10.0 Å². The van der Waals surface area contributed by atoms with E-state index in [-0.39, 0.29) is 0 Å². The van der Waals surface area contributed by atoms with Crippen molar-refractivity contribution >= 4 is 35.4 Å². The first-order chi connectivity index (χ1) is 11.5. The Morgan fingerprint density at radius 3 is 2.42 bits per heavy atom. The number of benzene rings is 2. The van der Waals surface area contributed by atoms with Gasteiger partial charge in [0.2, 0.25) is 0 Å². The average Bonchev–Trinajstić information content (AvgIpc) is 2.98. The first-order valence-electron chi connectivity index (χ1n) is 7.35. The van der Waals surface area contributed by atoms with Crippen LogP contribution in [0, 0.1) is 0 Å². The van der Waals surface area contributed by atoms with Gasteiger partial charge in [-0.25, -0.2) is 9.67 Å². The highest BCUT2D eigenvalue weighted by molar-refractivity contribution is 6.31. The van der Waals surface area contributed by atoms with Gasteiger partial charge in [-0.2, -0.15) is 5.10 Å². The maximum absolute atomic E-state index is 6.11. The summed E-state index contributed by atoms with van der Waals surface area (Å²) in [7, 11) is 3.84. The van der Waals surface area contributed by atoms with Crippen LogP contribution in [0.4, 0.5) is 5.82 Å². The molecule has 2 aromatic carbocycles. The summed E-state index contributed by atoms with van der Waals surface area (Å²) in [6, 6.07) is 17.0. The molecule has 4 nitrogen and oxygen atoms in total. The fourth-order valence-electron chi connectivity index (χ4n) is 2.20. The molecule has 24 heavy (non-hydrogen) atoms. The zero-order valence-electron chi connectivity index (χ0n) is 13.3. The van der Waals surface area contributed by atoms with Gasteiger partial charge in [-0.3, -0.25) is 0 Å². The Morgan fingerprint density at radius 1 is 1.00 bits per heavy atom. The fraction of sp³-hybridized carbons (Fsp3) is 0.111. The number of nitrogens with zero attached hydrogens (tertiary/aromatic N) is 4. The largest absolute Gasteiger partial charge is 0.369 e. The van der Waals surface area contributed by atoms with Crippen LogP contribution in [0.2, 0.25) is 10.0 Å². The monoisotopic (exact) mass is 358 g/mol. The minimum Gasteiger partial charge on any atom is -0.369 e. The minimum atomic E-state index is 0.651. The lowest BCUT2D eigenvalue weighted by molar-refractivity contribution is 0.642. The number of rotatable bonds is 4. The molecular formula is C18H16Cl2N4. The molecule has 0 aliphatic rings. The Morgan fingerprint density at radius 2 is 1.75 bits per heavy atom. The van der Waals surface area contributed by atoms with Crippen LogP contribution in [0.3, 0.4) is 0 Å². The molecule has 0 N–H and O–H groups in total. The molecular weight excluding hydrogens is 343 g/mol. The molecule has 0 unspecified atom stereocenters. The smallest absolute Gasteiger partial charge is 0.157 e. The molecule has 1 aromatic heterocycles. The lowest BCUT2D eigenvalue weighted by atomic mass is 10.1. The van der Waals surface area contributed by atoms with Gasteiger partial charge in [0.25, 0.3) is 0 Å². The number of hydrogen-bond acceptors (Lipinski definition) is 2. The van der Waals surface area contributed by atoms with Crippen molar-refractivity contribution in [3.05, 3.63) is 64.6 Å². The van der Waals surface area contributed by atoms with E-state index in [9.17, 15) is 0 Å². The highest BCUT2D eigenvalue weighted by Gasteiger charge is 2.11. The first kappa shape index (κ1) is 16.6. The van der Waals surface area contributed by atoms with E-state index in [0.717, 1.165) is 22.8 Å². The van der Waals surface area contributed by atoms with Crippen LogP contribution in [0.15, 0.2) is 59.6 Å². The van der Waals surface area contributed by atoms with Crippen molar-refractivity contribution in [3.8, 4) is 16.9 Å². The van der Waals surface area contributed by atoms with Crippen LogP contribution in [-0.4, -0.2) is 35.1 Å². The van der Waals surface area contributed by atoms with Crippen LogP contribution >= 0.6 is 23.2 Å². The van der Waals surface area contributed by atoms with E-state index in [1.807, 2.05) is 73.6 Å². The van der Waals surface area contributed by atoms with Crippen molar-refractivity contribution in [1.29, 1.82) is 0 Å². The number of halogens is 2. The zero-order chi connectivity index (χ0) is 17.1. The molecule has 1 heterocycles. The second kappa shape index (κ2) is 7.07. The third-order valence-electron chi connectivity index (χ3n) is 3.30. The second-order valence-electron chi connectivity index (χ2n) is 5.49. The van der Waals surface area contributed by atoms with Crippen LogP contribution < -0.4 is 0 Å². The highest BCUT2D eigenvalue weighted by Crippen LogP contribution is 2.28. The lowest BCUT2D eigenvalue weighted by Crippen LogP contribution is -2.07. The summed E-state index contributed by atoms with van der Waals surface area (Å²) in [6.45, 7) is 0. The molecule has 0 amide bonds. The van der Waals surface area contributed by atoms with E-state index < -0.39 is 0 Å². The van der Waals surface area contributed by atoms with Crippen molar-refractivity contribution in [3.63, 3.8) is 0 Å². The van der Waals surface area contributed by atoms with Gasteiger partial charge in [-0.05, 0) is 30.3 Å². The van der Waals surface area contributed by atoms with Crippen LogP contribution in [0.25, 0.3) is 16.9 Å². The summed E-state index contributed by atoms with van der Waals surface area (Å²) in [5.74, 6) is 0.718. The van der Waals surface area contributed by atoms with E-state index in [4.69, 9.17) is 23.2 Å². The Kier molecular flexibility index (Phi) is 4.88. The van der Waals surface area contributed by atoms with E-state index in [1.165, 1.54) is 0 Å². The Balaban J connectivity index is 2.10. The summed E-state index contributed by atoms with van der Waals surface area (Å²) in [4.78, 5) is 6.38. The third kappa shape index (κ3) is 3.78. The van der Waals surface area contributed by atoms with Crippen LogP contribution in [-0.2, 0) is 0 Å². The molecule has 3 aromatic rings. The van der Waals surface area contributed by atoms with Crippen molar-refractivity contribution in [2.75, 3.05) is 14.1 Å². The Hall–Kier alpha value is -2.30. The van der Waals surface area contributed by atoms with Crippen LogP contribution in [0.5, 0.6) is 0 Å². The standard InChI is InChI=1S/C18H16Cl2N4/c1-23(2)12-21-18-11-17(13-6-8-14(19)9-7-13)22-24(18)16-5-3-4-15(20)10-16/h3-12H,1-2H3/b21-12+. The average molecular weight is 359 g/mol. The van der Waals surface area contributed by atoms with Gasteiger partial charge in [0.15, 0.2) is 5.82 Å². The molecule has 0 saturated carbocycles. The molecule has 0 aliphatic heterocycles. The Bertz CT molecular complexity index is 867. The second-order valence-corrected chi connectivity index (χ2v) is 6.37.